The molecular weight excluding hydrogens is 374 g/mol. The summed E-state index contributed by atoms with van der Waals surface area (Å²) in [6.45, 7) is 3.86. The Morgan fingerprint density at radius 2 is 1.86 bits per heavy atom. The minimum absolute atomic E-state index is 0.133. The van der Waals surface area contributed by atoms with Crippen molar-refractivity contribution < 1.29 is 24.2 Å². The summed E-state index contributed by atoms with van der Waals surface area (Å²) in [5.74, 6) is -2.95. The topological polar surface area (TPSA) is 120 Å². The second kappa shape index (κ2) is 10.6. The maximum Gasteiger partial charge on any atom is 0.329 e. The molecule has 0 aliphatic rings. The number of carboxylic acids is 1. The second-order valence-electron chi connectivity index (χ2n) is 6.30. The molecular formula is C21H22N3O5-. The molecule has 0 fully saturated rings. The van der Waals surface area contributed by atoms with Gasteiger partial charge in [0, 0.05) is 11.6 Å². The third-order valence-electron chi connectivity index (χ3n) is 4.04. The van der Waals surface area contributed by atoms with Crippen LogP contribution in [0.4, 0.5) is 0 Å². The van der Waals surface area contributed by atoms with Crippen LogP contribution in [0.2, 0.25) is 0 Å². The first kappa shape index (κ1) is 21.6. The number of hydrogen-bond donors (Lipinski definition) is 2. The van der Waals surface area contributed by atoms with E-state index in [4.69, 9.17) is 4.74 Å². The molecule has 2 aromatic carbocycles. The van der Waals surface area contributed by atoms with Gasteiger partial charge in [-0.05, 0) is 42.7 Å². The SMILES string of the molecule is CC[C@@H](C)NC(=O)C(=O)N/N=C\c1ccc(OCc2ccccc2)c(C(=O)[O-])c1. The average Bonchev–Trinajstić information content (AvgIpc) is 2.73. The van der Waals surface area contributed by atoms with Crippen LogP contribution >= 0.6 is 0 Å². The number of rotatable bonds is 8. The minimum atomic E-state index is -1.40. The number of carbonyl (C=O) groups is 3. The van der Waals surface area contributed by atoms with Gasteiger partial charge in [0.05, 0.1) is 12.2 Å². The molecule has 0 bridgehead atoms. The molecule has 0 radical (unpaired) electrons. The monoisotopic (exact) mass is 396 g/mol. The Balaban J connectivity index is 2.01. The number of benzene rings is 2. The van der Waals surface area contributed by atoms with Crippen molar-refractivity contribution in [1.29, 1.82) is 0 Å². The van der Waals surface area contributed by atoms with E-state index in [1.165, 1.54) is 18.3 Å². The normalized spacial score (nSPS) is 11.7. The van der Waals surface area contributed by atoms with Crippen molar-refractivity contribution in [3.63, 3.8) is 0 Å². The van der Waals surface area contributed by atoms with E-state index in [1.54, 1.807) is 13.0 Å². The first-order valence-corrected chi connectivity index (χ1v) is 9.06. The van der Waals surface area contributed by atoms with Gasteiger partial charge in [0.2, 0.25) is 0 Å². The van der Waals surface area contributed by atoms with Crippen molar-refractivity contribution in [2.24, 2.45) is 5.10 Å². The highest BCUT2D eigenvalue weighted by Gasteiger charge is 2.14. The van der Waals surface area contributed by atoms with Crippen molar-refractivity contribution in [3.8, 4) is 5.75 Å². The van der Waals surface area contributed by atoms with E-state index >= 15 is 0 Å². The van der Waals surface area contributed by atoms with E-state index in [9.17, 15) is 19.5 Å². The molecule has 2 N–H and O–H groups in total. The van der Waals surface area contributed by atoms with Crippen molar-refractivity contribution >= 4 is 24.0 Å². The number of nitrogens with one attached hydrogen (secondary N) is 2. The van der Waals surface area contributed by atoms with Gasteiger partial charge < -0.3 is 20.0 Å². The zero-order chi connectivity index (χ0) is 21.2. The van der Waals surface area contributed by atoms with Crippen LogP contribution in [0.15, 0.2) is 53.6 Å². The van der Waals surface area contributed by atoms with Gasteiger partial charge >= 0.3 is 11.8 Å². The summed E-state index contributed by atoms with van der Waals surface area (Å²) >= 11 is 0. The average molecular weight is 396 g/mol. The molecule has 2 rings (SSSR count). The zero-order valence-electron chi connectivity index (χ0n) is 16.2. The van der Waals surface area contributed by atoms with Gasteiger partial charge in [-0.15, -0.1) is 0 Å². The summed E-state index contributed by atoms with van der Waals surface area (Å²) in [4.78, 5) is 34.7. The summed E-state index contributed by atoms with van der Waals surface area (Å²) in [6, 6.07) is 13.5. The minimum Gasteiger partial charge on any atom is -0.545 e. The van der Waals surface area contributed by atoms with Crippen LogP contribution in [-0.2, 0) is 16.2 Å². The molecule has 0 aliphatic heterocycles. The maximum atomic E-state index is 11.7. The van der Waals surface area contributed by atoms with Gasteiger partial charge in [-0.3, -0.25) is 9.59 Å². The van der Waals surface area contributed by atoms with Gasteiger partial charge in [-0.2, -0.15) is 5.10 Å². The van der Waals surface area contributed by atoms with Crippen LogP contribution in [-0.4, -0.2) is 30.0 Å². The highest BCUT2D eigenvalue weighted by Crippen LogP contribution is 2.20. The lowest BCUT2D eigenvalue weighted by molar-refractivity contribution is -0.255. The van der Waals surface area contributed by atoms with Crippen molar-refractivity contribution in [3.05, 3.63) is 65.2 Å². The van der Waals surface area contributed by atoms with E-state index in [0.29, 0.717) is 12.0 Å². The van der Waals surface area contributed by atoms with E-state index in [0.717, 1.165) is 5.56 Å². The third kappa shape index (κ3) is 6.76. The fourth-order valence-corrected chi connectivity index (χ4v) is 2.26. The predicted octanol–water partition coefficient (Wildman–Crippen LogP) is 0.994. The van der Waals surface area contributed by atoms with E-state index < -0.39 is 17.8 Å². The first-order chi connectivity index (χ1) is 13.9. The number of amides is 2. The quantitative estimate of drug-likeness (QED) is 0.392. The molecule has 8 nitrogen and oxygen atoms in total. The Labute approximate surface area is 168 Å². The molecule has 2 aromatic rings. The van der Waals surface area contributed by atoms with E-state index in [2.05, 4.69) is 15.8 Å². The molecule has 0 saturated heterocycles. The standard InChI is InChI=1S/C21H23N3O5/c1-3-14(2)23-19(25)20(26)24-22-12-16-9-10-18(17(11-16)21(27)28)29-13-15-7-5-4-6-8-15/h4-12,14H,3,13H2,1-2H3,(H,23,25)(H,24,26)(H,27,28)/p-1/b22-12-/t14-/m1/s1. The summed E-state index contributed by atoms with van der Waals surface area (Å²) in [7, 11) is 0. The third-order valence-corrected chi connectivity index (χ3v) is 4.04. The van der Waals surface area contributed by atoms with Gasteiger partial charge in [0.1, 0.15) is 12.4 Å². The highest BCUT2D eigenvalue weighted by atomic mass is 16.5. The number of hydrogen-bond acceptors (Lipinski definition) is 6. The van der Waals surface area contributed by atoms with Gasteiger partial charge in [-0.25, -0.2) is 5.43 Å². The van der Waals surface area contributed by atoms with Crippen LogP contribution in [0.5, 0.6) is 5.75 Å². The number of hydrazone groups is 1. The maximum absolute atomic E-state index is 11.7. The number of carboxylic acid groups (broad SMARTS) is 1. The fraction of sp³-hybridized carbons (Fsp3) is 0.238. The number of aromatic carboxylic acids is 1. The Morgan fingerprint density at radius 3 is 2.52 bits per heavy atom. The van der Waals surface area contributed by atoms with E-state index in [-0.39, 0.29) is 24.0 Å². The van der Waals surface area contributed by atoms with Crippen LogP contribution in [0.25, 0.3) is 0 Å². The van der Waals surface area contributed by atoms with Gasteiger partial charge in [-0.1, -0.05) is 37.3 Å². The van der Waals surface area contributed by atoms with Crippen LogP contribution in [0, 0.1) is 0 Å². The summed E-state index contributed by atoms with van der Waals surface area (Å²) in [6.07, 6.45) is 1.91. The summed E-state index contributed by atoms with van der Waals surface area (Å²) in [5.41, 5.74) is 3.22. The van der Waals surface area contributed by atoms with Crippen molar-refractivity contribution in [2.45, 2.75) is 32.9 Å². The molecule has 8 heteroatoms. The Kier molecular flexibility index (Phi) is 7.90. The molecule has 2 amide bonds. The highest BCUT2D eigenvalue weighted by molar-refractivity contribution is 6.35. The molecule has 29 heavy (non-hydrogen) atoms. The largest absolute Gasteiger partial charge is 0.545 e. The lowest BCUT2D eigenvalue weighted by atomic mass is 10.1. The Morgan fingerprint density at radius 1 is 1.14 bits per heavy atom. The van der Waals surface area contributed by atoms with Crippen molar-refractivity contribution in [1.82, 2.24) is 10.7 Å². The molecule has 0 unspecified atom stereocenters. The first-order valence-electron chi connectivity index (χ1n) is 9.06. The van der Waals surface area contributed by atoms with Gasteiger partial charge in [0.25, 0.3) is 0 Å². The molecule has 0 aromatic heterocycles. The summed E-state index contributed by atoms with van der Waals surface area (Å²) in [5, 5.41) is 17.6. The number of ether oxygens (including phenoxy) is 1. The molecule has 0 aliphatic carbocycles. The van der Waals surface area contributed by atoms with Crippen molar-refractivity contribution in [2.75, 3.05) is 0 Å². The molecule has 0 spiro atoms. The second-order valence-corrected chi connectivity index (χ2v) is 6.30. The fourth-order valence-electron chi connectivity index (χ4n) is 2.26. The van der Waals surface area contributed by atoms with E-state index in [1.807, 2.05) is 37.3 Å². The summed E-state index contributed by atoms with van der Waals surface area (Å²) < 4.78 is 5.57. The number of nitrogens with zero attached hydrogens (tertiary/aromatic N) is 1. The molecule has 0 heterocycles. The van der Waals surface area contributed by atoms with Gasteiger partial charge in [0.15, 0.2) is 0 Å². The molecule has 1 atom stereocenters. The Bertz CT molecular complexity index is 896. The smallest absolute Gasteiger partial charge is 0.329 e. The zero-order valence-corrected chi connectivity index (χ0v) is 16.2. The van der Waals surface area contributed by atoms with Crippen LogP contribution in [0.3, 0.4) is 0 Å². The molecule has 0 saturated carbocycles. The number of carbonyl (C=O) groups excluding carboxylic acids is 3. The lowest BCUT2D eigenvalue weighted by Gasteiger charge is -2.13. The Hall–Kier alpha value is -3.68. The molecule has 152 valence electrons. The van der Waals surface area contributed by atoms with Crippen LogP contribution in [0.1, 0.15) is 41.8 Å². The lowest BCUT2D eigenvalue weighted by Crippen LogP contribution is -2.41. The predicted molar refractivity (Wildman–Crippen MR) is 105 cm³/mol. The van der Waals surface area contributed by atoms with Crippen LogP contribution < -0.4 is 20.6 Å².